The Kier molecular flexibility index (Phi) is 3.76. The van der Waals surface area contributed by atoms with Gasteiger partial charge in [-0.2, -0.15) is 0 Å². The average Bonchev–Trinajstić information content (AvgIpc) is 2.35. The van der Waals surface area contributed by atoms with Gasteiger partial charge >= 0.3 is 0 Å². The first kappa shape index (κ1) is 12.9. The summed E-state index contributed by atoms with van der Waals surface area (Å²) in [6.45, 7) is 0.826. The first-order valence-electron chi connectivity index (χ1n) is 7.01. The molecule has 3 nitrogen and oxygen atoms in total. The number of hydrogen-bond acceptors (Lipinski definition) is 2. The number of piperidine rings is 1. The molecule has 2 fully saturated rings. The Morgan fingerprint density at radius 1 is 1.32 bits per heavy atom. The fourth-order valence-corrected chi connectivity index (χ4v) is 3.20. The molecule has 0 aromatic heterocycles. The Labute approximate surface area is 118 Å². The summed E-state index contributed by atoms with van der Waals surface area (Å²) in [4.78, 5) is 11.7. The Morgan fingerprint density at radius 2 is 2.16 bits per heavy atom. The third-order valence-electron chi connectivity index (χ3n) is 4.18. The van der Waals surface area contributed by atoms with E-state index in [-0.39, 0.29) is 11.9 Å². The van der Waals surface area contributed by atoms with Crippen molar-refractivity contribution in [2.24, 2.45) is 0 Å². The number of hydrogen-bond donors (Lipinski definition) is 2. The number of halogens is 1. The summed E-state index contributed by atoms with van der Waals surface area (Å²) in [7, 11) is 0. The van der Waals surface area contributed by atoms with E-state index in [1.54, 1.807) is 0 Å². The molecule has 1 aromatic rings. The summed E-state index contributed by atoms with van der Waals surface area (Å²) in [6.07, 6.45) is 4.24. The van der Waals surface area contributed by atoms with E-state index in [1.165, 1.54) is 5.56 Å². The first-order chi connectivity index (χ1) is 9.22. The van der Waals surface area contributed by atoms with Gasteiger partial charge in [0.05, 0.1) is 6.04 Å². The van der Waals surface area contributed by atoms with Crippen LogP contribution in [-0.2, 0) is 4.79 Å². The summed E-state index contributed by atoms with van der Waals surface area (Å²) >= 11 is 6.01. The van der Waals surface area contributed by atoms with Crippen molar-refractivity contribution in [2.45, 2.75) is 43.7 Å². The number of nitrogens with one attached hydrogen (secondary N) is 2. The molecule has 1 aliphatic carbocycles. The van der Waals surface area contributed by atoms with Crippen LogP contribution in [0.15, 0.2) is 24.3 Å². The molecule has 0 radical (unpaired) electrons. The highest BCUT2D eigenvalue weighted by molar-refractivity contribution is 6.30. The second-order valence-corrected chi connectivity index (χ2v) is 6.01. The van der Waals surface area contributed by atoms with Crippen LogP contribution in [0.25, 0.3) is 0 Å². The van der Waals surface area contributed by atoms with E-state index < -0.39 is 0 Å². The molecule has 0 spiro atoms. The summed E-state index contributed by atoms with van der Waals surface area (Å²) in [6, 6.07) is 8.59. The maximum atomic E-state index is 11.7. The highest BCUT2D eigenvalue weighted by Crippen LogP contribution is 2.38. The predicted molar refractivity (Wildman–Crippen MR) is 76.4 cm³/mol. The molecule has 0 bridgehead atoms. The molecule has 102 valence electrons. The van der Waals surface area contributed by atoms with Crippen LogP contribution in [0.3, 0.4) is 0 Å². The molecule has 1 amide bonds. The third-order valence-corrected chi connectivity index (χ3v) is 4.42. The van der Waals surface area contributed by atoms with Crippen LogP contribution >= 0.6 is 11.6 Å². The van der Waals surface area contributed by atoms with E-state index in [9.17, 15) is 4.79 Å². The zero-order chi connectivity index (χ0) is 13.2. The van der Waals surface area contributed by atoms with Gasteiger partial charge in [0.25, 0.3) is 0 Å². The number of carbonyl (C=O) groups excluding carboxylic acids is 1. The summed E-state index contributed by atoms with van der Waals surface area (Å²) < 4.78 is 0. The van der Waals surface area contributed by atoms with Gasteiger partial charge in [-0.3, -0.25) is 4.79 Å². The number of rotatable bonds is 3. The fourth-order valence-electron chi connectivity index (χ4n) is 3.00. The van der Waals surface area contributed by atoms with Crippen LogP contribution < -0.4 is 10.6 Å². The van der Waals surface area contributed by atoms with Gasteiger partial charge in [0.1, 0.15) is 0 Å². The molecule has 1 aromatic carbocycles. The molecule has 19 heavy (non-hydrogen) atoms. The zero-order valence-electron chi connectivity index (χ0n) is 10.9. The van der Waals surface area contributed by atoms with Gasteiger partial charge < -0.3 is 10.6 Å². The van der Waals surface area contributed by atoms with Crippen LogP contribution in [-0.4, -0.2) is 24.5 Å². The molecule has 4 heteroatoms. The molecule has 1 atom stereocenters. The Hall–Kier alpha value is -1.06. The van der Waals surface area contributed by atoms with Crippen molar-refractivity contribution in [3.8, 4) is 0 Å². The van der Waals surface area contributed by atoms with Gasteiger partial charge in [-0.1, -0.05) is 23.7 Å². The fraction of sp³-hybridized carbons (Fsp3) is 0.533. The smallest absolute Gasteiger partial charge is 0.237 e. The van der Waals surface area contributed by atoms with Crippen LogP contribution in [0.4, 0.5) is 0 Å². The molecule has 1 unspecified atom stereocenters. The van der Waals surface area contributed by atoms with Crippen LogP contribution in [0.2, 0.25) is 5.02 Å². The van der Waals surface area contributed by atoms with Gasteiger partial charge in [-0.25, -0.2) is 0 Å². The maximum Gasteiger partial charge on any atom is 0.237 e. The second-order valence-electron chi connectivity index (χ2n) is 5.57. The molecule has 1 heterocycles. The lowest BCUT2D eigenvalue weighted by molar-refractivity contribution is -0.124. The average molecular weight is 279 g/mol. The third kappa shape index (κ3) is 2.93. The highest BCUT2D eigenvalue weighted by Gasteiger charge is 2.33. The molecular weight excluding hydrogens is 260 g/mol. The van der Waals surface area contributed by atoms with Crippen molar-refractivity contribution in [1.29, 1.82) is 0 Å². The van der Waals surface area contributed by atoms with E-state index in [0.717, 1.165) is 37.3 Å². The van der Waals surface area contributed by atoms with Crippen LogP contribution in [0.1, 0.15) is 37.2 Å². The molecule has 3 rings (SSSR count). The van der Waals surface area contributed by atoms with Crippen molar-refractivity contribution in [3.63, 3.8) is 0 Å². The SMILES string of the molecule is O=C1NCCCC1NC1CC(c2cccc(Cl)c2)C1. The second kappa shape index (κ2) is 5.51. The zero-order valence-corrected chi connectivity index (χ0v) is 11.6. The minimum atomic E-state index is 0.0130. The normalized spacial score (nSPS) is 30.6. The highest BCUT2D eigenvalue weighted by atomic mass is 35.5. The predicted octanol–water partition coefficient (Wildman–Crippen LogP) is 2.45. The molecular formula is C15H19ClN2O. The number of carbonyl (C=O) groups is 1. The van der Waals surface area contributed by atoms with Crippen molar-refractivity contribution in [1.82, 2.24) is 10.6 Å². The Bertz CT molecular complexity index is 471. The molecule has 2 N–H and O–H groups in total. The van der Waals surface area contributed by atoms with E-state index in [4.69, 9.17) is 11.6 Å². The lowest BCUT2D eigenvalue weighted by Crippen LogP contribution is -2.54. The Balaban J connectivity index is 1.51. The maximum absolute atomic E-state index is 11.7. The summed E-state index contributed by atoms with van der Waals surface area (Å²) in [5.74, 6) is 0.750. The number of benzene rings is 1. The lowest BCUT2D eigenvalue weighted by atomic mass is 9.75. The molecule has 1 saturated carbocycles. The van der Waals surface area contributed by atoms with E-state index in [0.29, 0.717) is 12.0 Å². The molecule has 1 saturated heterocycles. The minimum absolute atomic E-state index is 0.0130. The monoisotopic (exact) mass is 278 g/mol. The lowest BCUT2D eigenvalue weighted by Gasteiger charge is -2.39. The van der Waals surface area contributed by atoms with Crippen LogP contribution in [0.5, 0.6) is 0 Å². The van der Waals surface area contributed by atoms with Crippen molar-refractivity contribution >= 4 is 17.5 Å². The molecule has 2 aliphatic rings. The van der Waals surface area contributed by atoms with E-state index in [1.807, 2.05) is 12.1 Å². The topological polar surface area (TPSA) is 41.1 Å². The molecule has 1 aliphatic heterocycles. The van der Waals surface area contributed by atoms with Gasteiger partial charge in [-0.05, 0) is 49.3 Å². The number of amides is 1. The van der Waals surface area contributed by atoms with Gasteiger partial charge in [0, 0.05) is 17.6 Å². The van der Waals surface area contributed by atoms with Crippen molar-refractivity contribution < 1.29 is 4.79 Å². The summed E-state index contributed by atoms with van der Waals surface area (Å²) in [5.41, 5.74) is 1.32. The minimum Gasteiger partial charge on any atom is -0.355 e. The van der Waals surface area contributed by atoms with Crippen molar-refractivity contribution in [3.05, 3.63) is 34.9 Å². The van der Waals surface area contributed by atoms with Crippen molar-refractivity contribution in [2.75, 3.05) is 6.54 Å². The quantitative estimate of drug-likeness (QED) is 0.892. The van der Waals surface area contributed by atoms with Gasteiger partial charge in [0.15, 0.2) is 0 Å². The standard InChI is InChI=1S/C15H19ClN2O/c16-12-4-1-3-10(7-12)11-8-13(9-11)18-14-5-2-6-17-15(14)19/h1,3-4,7,11,13-14,18H,2,5-6,8-9H2,(H,17,19). The van der Waals surface area contributed by atoms with E-state index in [2.05, 4.69) is 22.8 Å². The van der Waals surface area contributed by atoms with Crippen LogP contribution in [0, 0.1) is 0 Å². The first-order valence-corrected chi connectivity index (χ1v) is 7.39. The summed E-state index contributed by atoms with van der Waals surface area (Å²) in [5, 5.41) is 7.20. The largest absolute Gasteiger partial charge is 0.355 e. The van der Waals surface area contributed by atoms with Gasteiger partial charge in [0.2, 0.25) is 5.91 Å². The van der Waals surface area contributed by atoms with Gasteiger partial charge in [-0.15, -0.1) is 0 Å². The Morgan fingerprint density at radius 3 is 2.89 bits per heavy atom. The van der Waals surface area contributed by atoms with E-state index >= 15 is 0 Å².